The van der Waals surface area contributed by atoms with Gasteiger partial charge in [0.15, 0.2) is 9.84 Å². The van der Waals surface area contributed by atoms with E-state index in [1.54, 1.807) is 7.11 Å². The largest absolute Gasteiger partial charge is 0.496 e. The summed E-state index contributed by atoms with van der Waals surface area (Å²) >= 11 is 0. The third-order valence-electron chi connectivity index (χ3n) is 3.79. The average Bonchev–Trinajstić information content (AvgIpc) is 2.79. The number of nitrogens with zero attached hydrogens (tertiary/aromatic N) is 1. The van der Waals surface area contributed by atoms with Crippen LogP contribution in [0.15, 0.2) is 24.3 Å². The van der Waals surface area contributed by atoms with Crippen molar-refractivity contribution in [3.05, 3.63) is 29.8 Å². The van der Waals surface area contributed by atoms with Crippen molar-refractivity contribution >= 4 is 9.84 Å². The minimum atomic E-state index is -2.80. The Morgan fingerprint density at radius 3 is 2.81 bits per heavy atom. The Morgan fingerprint density at radius 2 is 2.14 bits per heavy atom. The van der Waals surface area contributed by atoms with E-state index in [2.05, 4.69) is 23.3 Å². The zero-order valence-electron chi connectivity index (χ0n) is 12.7. The number of hydrogen-bond acceptors (Lipinski definition) is 5. The van der Waals surface area contributed by atoms with Crippen LogP contribution < -0.4 is 10.1 Å². The van der Waals surface area contributed by atoms with Crippen LogP contribution in [0.2, 0.25) is 0 Å². The Kier molecular flexibility index (Phi) is 5.61. The standard InChI is InChI=1S/C15H24N2O3S/c1-17(11-13-5-3-4-6-15(13)20-2)9-8-16-14-7-10-21(18,19)12-14/h3-6,14,16H,7-12H2,1-2H3. The van der Waals surface area contributed by atoms with Crippen molar-refractivity contribution < 1.29 is 13.2 Å². The van der Waals surface area contributed by atoms with E-state index in [1.165, 1.54) is 0 Å². The van der Waals surface area contributed by atoms with Gasteiger partial charge in [0, 0.05) is 31.2 Å². The number of sulfone groups is 1. The van der Waals surface area contributed by atoms with Crippen molar-refractivity contribution in [3.63, 3.8) is 0 Å². The maximum Gasteiger partial charge on any atom is 0.151 e. The summed E-state index contributed by atoms with van der Waals surface area (Å²) < 4.78 is 28.1. The molecule has 1 fully saturated rings. The second kappa shape index (κ2) is 7.24. The van der Waals surface area contributed by atoms with Gasteiger partial charge >= 0.3 is 0 Å². The van der Waals surface area contributed by atoms with Gasteiger partial charge in [-0.2, -0.15) is 0 Å². The zero-order chi connectivity index (χ0) is 15.3. The molecule has 2 rings (SSSR count). The molecule has 0 saturated carbocycles. The number of benzene rings is 1. The van der Waals surface area contributed by atoms with E-state index in [-0.39, 0.29) is 11.8 Å². The lowest BCUT2D eigenvalue weighted by molar-refractivity contribution is 0.310. The van der Waals surface area contributed by atoms with Gasteiger partial charge < -0.3 is 15.0 Å². The molecule has 1 aromatic carbocycles. The molecular weight excluding hydrogens is 288 g/mol. The predicted octanol–water partition coefficient (Wildman–Crippen LogP) is 0.904. The van der Waals surface area contributed by atoms with Gasteiger partial charge in [0.2, 0.25) is 0 Å². The summed E-state index contributed by atoms with van der Waals surface area (Å²) in [5.41, 5.74) is 1.16. The monoisotopic (exact) mass is 312 g/mol. The number of nitrogens with one attached hydrogen (secondary N) is 1. The lowest BCUT2D eigenvalue weighted by atomic mass is 10.2. The smallest absolute Gasteiger partial charge is 0.151 e. The fourth-order valence-corrected chi connectivity index (χ4v) is 4.33. The highest BCUT2D eigenvalue weighted by Gasteiger charge is 2.27. The zero-order valence-corrected chi connectivity index (χ0v) is 13.5. The van der Waals surface area contributed by atoms with E-state index in [0.717, 1.165) is 37.4 Å². The van der Waals surface area contributed by atoms with Crippen LogP contribution in [0.3, 0.4) is 0 Å². The molecule has 6 heteroatoms. The molecule has 118 valence electrons. The average molecular weight is 312 g/mol. The summed E-state index contributed by atoms with van der Waals surface area (Å²) in [7, 11) is 0.940. The van der Waals surface area contributed by atoms with Crippen LogP contribution in [0.4, 0.5) is 0 Å². The number of rotatable bonds is 7. The molecular formula is C15H24N2O3S. The van der Waals surface area contributed by atoms with E-state index in [4.69, 9.17) is 4.74 Å². The van der Waals surface area contributed by atoms with Crippen molar-refractivity contribution in [2.75, 3.05) is 38.8 Å². The highest BCUT2D eigenvalue weighted by molar-refractivity contribution is 7.91. The van der Waals surface area contributed by atoms with E-state index >= 15 is 0 Å². The summed E-state index contributed by atoms with van der Waals surface area (Å²) in [4.78, 5) is 2.20. The topological polar surface area (TPSA) is 58.6 Å². The molecule has 0 amide bonds. The molecule has 0 spiro atoms. The molecule has 0 aliphatic carbocycles. The van der Waals surface area contributed by atoms with Crippen LogP contribution in [-0.2, 0) is 16.4 Å². The SMILES string of the molecule is COc1ccccc1CN(C)CCNC1CCS(=O)(=O)C1. The van der Waals surface area contributed by atoms with Crippen LogP contribution in [0.25, 0.3) is 0 Å². The molecule has 1 aliphatic rings. The lowest BCUT2D eigenvalue weighted by Crippen LogP contribution is -2.36. The third kappa shape index (κ3) is 4.98. The minimum Gasteiger partial charge on any atom is -0.496 e. The minimum absolute atomic E-state index is 0.120. The first-order chi connectivity index (χ1) is 10.00. The van der Waals surface area contributed by atoms with Crippen molar-refractivity contribution in [1.82, 2.24) is 10.2 Å². The number of likely N-dealkylation sites (N-methyl/N-ethyl adjacent to an activating group) is 1. The van der Waals surface area contributed by atoms with Crippen molar-refractivity contribution in [2.45, 2.75) is 19.0 Å². The molecule has 1 aromatic rings. The first kappa shape index (κ1) is 16.3. The fraction of sp³-hybridized carbons (Fsp3) is 0.600. The number of para-hydroxylation sites is 1. The molecule has 1 heterocycles. The second-order valence-corrected chi connectivity index (χ2v) is 7.83. The van der Waals surface area contributed by atoms with Gasteiger partial charge in [-0.05, 0) is 19.5 Å². The number of ether oxygens (including phenoxy) is 1. The van der Waals surface area contributed by atoms with Crippen LogP contribution in [0.5, 0.6) is 5.75 Å². The highest BCUT2D eigenvalue weighted by Crippen LogP contribution is 2.18. The van der Waals surface area contributed by atoms with Gasteiger partial charge in [0.25, 0.3) is 0 Å². The summed E-state index contributed by atoms with van der Waals surface area (Å²) in [6.45, 7) is 2.48. The molecule has 5 nitrogen and oxygen atoms in total. The van der Waals surface area contributed by atoms with Gasteiger partial charge in [-0.25, -0.2) is 8.42 Å². The second-order valence-electron chi connectivity index (χ2n) is 5.60. The Bertz CT molecular complexity index is 560. The molecule has 1 unspecified atom stereocenters. The Hall–Kier alpha value is -1.11. The van der Waals surface area contributed by atoms with Gasteiger partial charge in [-0.1, -0.05) is 18.2 Å². The van der Waals surface area contributed by atoms with Gasteiger partial charge in [0.05, 0.1) is 18.6 Å². The lowest BCUT2D eigenvalue weighted by Gasteiger charge is -2.19. The summed E-state index contributed by atoms with van der Waals surface area (Å²) in [5.74, 6) is 1.50. The van der Waals surface area contributed by atoms with Crippen LogP contribution >= 0.6 is 0 Å². The van der Waals surface area contributed by atoms with Gasteiger partial charge in [-0.3, -0.25) is 0 Å². The fourth-order valence-electron chi connectivity index (χ4n) is 2.62. The molecule has 0 bridgehead atoms. The van der Waals surface area contributed by atoms with Gasteiger partial charge in [-0.15, -0.1) is 0 Å². The van der Waals surface area contributed by atoms with Crippen LogP contribution in [0.1, 0.15) is 12.0 Å². The Morgan fingerprint density at radius 1 is 1.38 bits per heavy atom. The molecule has 0 aromatic heterocycles. The van der Waals surface area contributed by atoms with Crippen LogP contribution in [-0.4, -0.2) is 58.1 Å². The highest BCUT2D eigenvalue weighted by atomic mass is 32.2. The summed E-state index contributed by atoms with van der Waals surface area (Å²) in [5, 5.41) is 3.33. The van der Waals surface area contributed by atoms with E-state index in [9.17, 15) is 8.42 Å². The first-order valence-electron chi connectivity index (χ1n) is 7.24. The molecule has 0 radical (unpaired) electrons. The Balaban J connectivity index is 1.74. The van der Waals surface area contributed by atoms with Crippen molar-refractivity contribution in [1.29, 1.82) is 0 Å². The Labute approximate surface area is 127 Å². The van der Waals surface area contributed by atoms with Crippen LogP contribution in [0, 0.1) is 0 Å². The van der Waals surface area contributed by atoms with Gasteiger partial charge in [0.1, 0.15) is 5.75 Å². The molecule has 1 N–H and O–H groups in total. The number of methoxy groups -OCH3 is 1. The maximum atomic E-state index is 11.4. The normalized spacial score (nSPS) is 20.8. The first-order valence-corrected chi connectivity index (χ1v) is 9.06. The van der Waals surface area contributed by atoms with Crippen molar-refractivity contribution in [3.8, 4) is 5.75 Å². The maximum absolute atomic E-state index is 11.4. The molecule has 1 aliphatic heterocycles. The summed E-state index contributed by atoms with van der Waals surface area (Å²) in [6, 6.07) is 8.11. The van der Waals surface area contributed by atoms with E-state index < -0.39 is 9.84 Å². The van der Waals surface area contributed by atoms with Crippen molar-refractivity contribution in [2.24, 2.45) is 0 Å². The van der Waals surface area contributed by atoms with E-state index in [1.807, 2.05) is 18.2 Å². The number of hydrogen-bond donors (Lipinski definition) is 1. The summed E-state index contributed by atoms with van der Waals surface area (Å²) in [6.07, 6.45) is 0.735. The molecule has 1 atom stereocenters. The molecule has 1 saturated heterocycles. The van der Waals surface area contributed by atoms with E-state index in [0.29, 0.717) is 5.75 Å². The third-order valence-corrected chi connectivity index (χ3v) is 5.56. The molecule has 21 heavy (non-hydrogen) atoms. The predicted molar refractivity (Wildman–Crippen MR) is 84.4 cm³/mol. The quantitative estimate of drug-likeness (QED) is 0.811.